The minimum absolute atomic E-state index is 0.437. The highest BCUT2D eigenvalue weighted by Gasteiger charge is 2.36. The lowest BCUT2D eigenvalue weighted by atomic mass is 9.77. The summed E-state index contributed by atoms with van der Waals surface area (Å²) in [7, 11) is 0. The van der Waals surface area contributed by atoms with Crippen molar-refractivity contribution in [3.63, 3.8) is 0 Å². The van der Waals surface area contributed by atoms with E-state index in [0.717, 1.165) is 44.7 Å². The second kappa shape index (κ2) is 5.51. The zero-order valence-electron chi connectivity index (χ0n) is 11.0. The van der Waals surface area contributed by atoms with Crippen LogP contribution in [0.25, 0.3) is 11.5 Å². The molecule has 3 rings (SSSR count). The molecule has 20 heavy (non-hydrogen) atoms. The first-order valence-corrected chi connectivity index (χ1v) is 8.96. The Hall–Kier alpha value is -0.240. The lowest BCUT2D eigenvalue weighted by Crippen LogP contribution is -2.41. The molecular formula is C13H15Br2N3OS. The molecule has 0 unspecified atom stereocenters. The lowest BCUT2D eigenvalue weighted by molar-refractivity contribution is 0.230. The summed E-state index contributed by atoms with van der Waals surface area (Å²) in [5, 5.41) is 4.12. The van der Waals surface area contributed by atoms with Crippen LogP contribution in [-0.2, 0) is 5.54 Å². The predicted molar refractivity (Wildman–Crippen MR) is 86.5 cm³/mol. The van der Waals surface area contributed by atoms with Crippen molar-refractivity contribution in [2.75, 3.05) is 0 Å². The van der Waals surface area contributed by atoms with Crippen molar-refractivity contribution < 1.29 is 4.52 Å². The van der Waals surface area contributed by atoms with Gasteiger partial charge in [-0.15, -0.1) is 11.3 Å². The quantitative estimate of drug-likeness (QED) is 0.765. The maximum Gasteiger partial charge on any atom is 0.260 e. The van der Waals surface area contributed by atoms with E-state index in [-0.39, 0.29) is 0 Å². The van der Waals surface area contributed by atoms with E-state index >= 15 is 0 Å². The van der Waals surface area contributed by atoms with Gasteiger partial charge in [-0.05, 0) is 69.5 Å². The van der Waals surface area contributed by atoms with Gasteiger partial charge in [-0.2, -0.15) is 4.98 Å². The number of aromatic nitrogens is 2. The molecule has 1 aliphatic carbocycles. The van der Waals surface area contributed by atoms with E-state index in [4.69, 9.17) is 10.3 Å². The summed E-state index contributed by atoms with van der Waals surface area (Å²) in [5.74, 6) is 1.89. The average molecular weight is 421 g/mol. The van der Waals surface area contributed by atoms with Crippen LogP contribution in [0.4, 0.5) is 0 Å². The van der Waals surface area contributed by atoms with Gasteiger partial charge in [-0.1, -0.05) is 12.1 Å². The first-order valence-electron chi connectivity index (χ1n) is 6.56. The van der Waals surface area contributed by atoms with Gasteiger partial charge in [0.05, 0.1) is 18.7 Å². The van der Waals surface area contributed by atoms with Crippen molar-refractivity contribution in [3.05, 3.63) is 19.5 Å². The van der Waals surface area contributed by atoms with Crippen LogP contribution in [0.1, 0.15) is 38.4 Å². The summed E-state index contributed by atoms with van der Waals surface area (Å²) in [6, 6.07) is 1.97. The molecule has 0 saturated heterocycles. The van der Waals surface area contributed by atoms with Gasteiger partial charge in [-0.3, -0.25) is 0 Å². The number of nitrogens with zero attached hydrogens (tertiary/aromatic N) is 2. The van der Waals surface area contributed by atoms with Crippen molar-refractivity contribution in [1.82, 2.24) is 10.1 Å². The van der Waals surface area contributed by atoms with Gasteiger partial charge >= 0.3 is 0 Å². The van der Waals surface area contributed by atoms with E-state index in [0.29, 0.717) is 11.7 Å². The minimum atomic E-state index is -0.437. The molecule has 2 heterocycles. The predicted octanol–water partition coefficient (Wildman–Crippen LogP) is 4.69. The van der Waals surface area contributed by atoms with E-state index in [1.807, 2.05) is 6.07 Å². The monoisotopic (exact) mass is 419 g/mol. The standard InChI is InChI=1S/C13H15Br2N3OS/c1-7-2-4-13(16,5-3-7)12-17-11(19-18-12)8-6-9(14)20-10(8)15/h6-7H,2-5,16H2,1H3. The Kier molecular flexibility index (Phi) is 4.05. The van der Waals surface area contributed by atoms with Gasteiger partial charge in [0.25, 0.3) is 5.89 Å². The smallest absolute Gasteiger partial charge is 0.260 e. The van der Waals surface area contributed by atoms with Crippen molar-refractivity contribution in [2.45, 2.75) is 38.1 Å². The van der Waals surface area contributed by atoms with Crippen molar-refractivity contribution in [1.29, 1.82) is 0 Å². The number of halogens is 2. The molecule has 0 radical (unpaired) electrons. The number of nitrogens with two attached hydrogens (primary N) is 1. The molecular weight excluding hydrogens is 406 g/mol. The Bertz CT molecular complexity index is 617. The molecule has 0 amide bonds. The summed E-state index contributed by atoms with van der Waals surface area (Å²) in [6.07, 6.45) is 4.07. The normalized spacial score (nSPS) is 26.9. The van der Waals surface area contributed by atoms with Gasteiger partial charge in [0, 0.05) is 0 Å². The van der Waals surface area contributed by atoms with Crippen LogP contribution < -0.4 is 5.73 Å². The molecule has 1 aliphatic rings. The third kappa shape index (κ3) is 2.73. The average Bonchev–Trinajstić information content (AvgIpc) is 3.00. The molecule has 0 spiro atoms. The van der Waals surface area contributed by atoms with Crippen LogP contribution in [0.15, 0.2) is 18.2 Å². The van der Waals surface area contributed by atoms with Crippen molar-refractivity contribution in [2.24, 2.45) is 11.7 Å². The molecule has 0 bridgehead atoms. The fraction of sp³-hybridized carbons (Fsp3) is 0.538. The molecule has 0 atom stereocenters. The maximum absolute atomic E-state index is 6.47. The lowest BCUT2D eigenvalue weighted by Gasteiger charge is -2.33. The van der Waals surface area contributed by atoms with Crippen LogP contribution in [0.3, 0.4) is 0 Å². The summed E-state index contributed by atoms with van der Waals surface area (Å²) < 4.78 is 7.40. The van der Waals surface area contributed by atoms with Gasteiger partial charge < -0.3 is 10.3 Å². The Morgan fingerprint density at radius 3 is 2.70 bits per heavy atom. The number of hydrogen-bond acceptors (Lipinski definition) is 5. The third-order valence-corrected chi connectivity index (χ3v) is 6.26. The molecule has 108 valence electrons. The Balaban J connectivity index is 1.89. The Morgan fingerprint density at radius 1 is 1.40 bits per heavy atom. The minimum Gasteiger partial charge on any atom is -0.334 e. The van der Waals surface area contributed by atoms with Gasteiger partial charge in [-0.25, -0.2) is 0 Å². The van der Waals surface area contributed by atoms with Crippen LogP contribution in [0.2, 0.25) is 0 Å². The van der Waals surface area contributed by atoms with Gasteiger partial charge in [0.1, 0.15) is 0 Å². The largest absolute Gasteiger partial charge is 0.334 e. The molecule has 4 nitrogen and oxygen atoms in total. The Labute approximate surface area is 138 Å². The first kappa shape index (κ1) is 14.7. The van der Waals surface area contributed by atoms with E-state index in [9.17, 15) is 0 Å². The summed E-state index contributed by atoms with van der Waals surface area (Å²) >= 11 is 8.55. The topological polar surface area (TPSA) is 64.9 Å². The molecule has 2 N–H and O–H groups in total. The van der Waals surface area contributed by atoms with E-state index in [1.165, 1.54) is 0 Å². The zero-order chi connectivity index (χ0) is 14.3. The zero-order valence-corrected chi connectivity index (χ0v) is 15.0. The third-order valence-electron chi connectivity index (χ3n) is 3.92. The number of thiophene rings is 1. The second-order valence-electron chi connectivity index (χ2n) is 5.50. The number of rotatable bonds is 2. The second-order valence-corrected chi connectivity index (χ2v) is 9.25. The number of hydrogen-bond donors (Lipinski definition) is 1. The van der Waals surface area contributed by atoms with Crippen LogP contribution >= 0.6 is 43.2 Å². The van der Waals surface area contributed by atoms with E-state index in [2.05, 4.69) is 48.9 Å². The van der Waals surface area contributed by atoms with Crippen LogP contribution in [0, 0.1) is 5.92 Å². The maximum atomic E-state index is 6.47. The fourth-order valence-corrected chi connectivity index (χ4v) is 5.30. The highest BCUT2D eigenvalue weighted by Crippen LogP contribution is 2.40. The van der Waals surface area contributed by atoms with Crippen molar-refractivity contribution >= 4 is 43.2 Å². The van der Waals surface area contributed by atoms with E-state index < -0.39 is 5.54 Å². The summed E-state index contributed by atoms with van der Waals surface area (Å²) in [5.41, 5.74) is 6.95. The van der Waals surface area contributed by atoms with Gasteiger partial charge in [0.2, 0.25) is 0 Å². The molecule has 1 saturated carbocycles. The molecule has 2 aromatic heterocycles. The fourth-order valence-electron chi connectivity index (χ4n) is 2.52. The molecule has 0 aliphatic heterocycles. The van der Waals surface area contributed by atoms with Crippen LogP contribution in [0.5, 0.6) is 0 Å². The molecule has 1 fully saturated rings. The highest BCUT2D eigenvalue weighted by atomic mass is 79.9. The molecule has 2 aromatic rings. The van der Waals surface area contributed by atoms with Crippen molar-refractivity contribution in [3.8, 4) is 11.5 Å². The first-order chi connectivity index (χ1) is 9.48. The van der Waals surface area contributed by atoms with E-state index in [1.54, 1.807) is 11.3 Å². The van der Waals surface area contributed by atoms with Crippen LogP contribution in [-0.4, -0.2) is 10.1 Å². The SMILES string of the molecule is CC1CCC(N)(c2noc(-c3cc(Br)sc3Br)n2)CC1. The van der Waals surface area contributed by atoms with Gasteiger partial charge in [0.15, 0.2) is 5.82 Å². The molecule has 0 aromatic carbocycles. The summed E-state index contributed by atoms with van der Waals surface area (Å²) in [6.45, 7) is 2.27. The molecule has 7 heteroatoms. The highest BCUT2D eigenvalue weighted by molar-refractivity contribution is 9.12. The summed E-state index contributed by atoms with van der Waals surface area (Å²) in [4.78, 5) is 4.53. The Morgan fingerprint density at radius 2 is 2.10 bits per heavy atom.